The second kappa shape index (κ2) is 7.48. The van der Waals surface area contributed by atoms with Gasteiger partial charge in [0.25, 0.3) is 0 Å². The number of sulfonamides is 1. The molecule has 8 heteroatoms. The SMILES string of the molecule is CCN(C)C(=O)CNS(=O)(=O)Cc1ccccc1C(N)=S. The third kappa shape index (κ3) is 5.41. The highest BCUT2D eigenvalue weighted by Crippen LogP contribution is 2.12. The quantitative estimate of drug-likeness (QED) is 0.698. The minimum Gasteiger partial charge on any atom is -0.389 e. The average molecular weight is 329 g/mol. The molecule has 1 amide bonds. The van der Waals surface area contributed by atoms with Gasteiger partial charge in [-0.25, -0.2) is 13.1 Å². The summed E-state index contributed by atoms with van der Waals surface area (Å²) in [7, 11) is -2.03. The van der Waals surface area contributed by atoms with E-state index in [1.807, 2.05) is 6.92 Å². The Balaban J connectivity index is 2.78. The van der Waals surface area contributed by atoms with Crippen LogP contribution < -0.4 is 10.5 Å². The van der Waals surface area contributed by atoms with Crippen molar-refractivity contribution in [1.82, 2.24) is 9.62 Å². The summed E-state index contributed by atoms with van der Waals surface area (Å²) >= 11 is 4.90. The summed E-state index contributed by atoms with van der Waals surface area (Å²) in [6.45, 7) is 2.07. The number of amides is 1. The van der Waals surface area contributed by atoms with Crippen LogP contribution in [0.1, 0.15) is 18.1 Å². The van der Waals surface area contributed by atoms with Crippen LogP contribution in [-0.4, -0.2) is 44.4 Å². The molecule has 116 valence electrons. The van der Waals surface area contributed by atoms with Gasteiger partial charge in [0, 0.05) is 19.2 Å². The van der Waals surface area contributed by atoms with Crippen LogP contribution in [0.5, 0.6) is 0 Å². The molecule has 21 heavy (non-hydrogen) atoms. The Bertz CT molecular complexity index is 629. The second-order valence-electron chi connectivity index (χ2n) is 4.51. The number of thiocarbonyl (C=S) groups is 1. The maximum absolute atomic E-state index is 12.0. The first-order valence-electron chi connectivity index (χ1n) is 6.36. The average Bonchev–Trinajstić information content (AvgIpc) is 2.43. The van der Waals surface area contributed by atoms with Crippen molar-refractivity contribution in [1.29, 1.82) is 0 Å². The first-order chi connectivity index (χ1) is 9.76. The lowest BCUT2D eigenvalue weighted by molar-refractivity contribution is -0.128. The summed E-state index contributed by atoms with van der Waals surface area (Å²) in [5.41, 5.74) is 6.60. The molecule has 1 aromatic rings. The molecule has 0 bridgehead atoms. The maximum atomic E-state index is 12.0. The molecule has 0 heterocycles. The van der Waals surface area contributed by atoms with E-state index in [0.29, 0.717) is 17.7 Å². The lowest BCUT2D eigenvalue weighted by Gasteiger charge is -2.15. The number of likely N-dealkylation sites (N-methyl/N-ethyl adjacent to an activating group) is 1. The van der Waals surface area contributed by atoms with Crippen molar-refractivity contribution in [2.45, 2.75) is 12.7 Å². The molecular formula is C13H19N3O3S2. The van der Waals surface area contributed by atoms with Gasteiger partial charge in [-0.2, -0.15) is 0 Å². The second-order valence-corrected chi connectivity index (χ2v) is 6.76. The van der Waals surface area contributed by atoms with E-state index in [2.05, 4.69) is 4.72 Å². The van der Waals surface area contributed by atoms with Crippen molar-refractivity contribution in [3.63, 3.8) is 0 Å². The summed E-state index contributed by atoms with van der Waals surface area (Å²) in [5, 5.41) is 0. The number of hydrogen-bond acceptors (Lipinski definition) is 4. The van der Waals surface area contributed by atoms with Gasteiger partial charge < -0.3 is 10.6 Å². The highest BCUT2D eigenvalue weighted by Gasteiger charge is 2.17. The third-order valence-corrected chi connectivity index (χ3v) is 4.47. The van der Waals surface area contributed by atoms with E-state index in [-0.39, 0.29) is 23.2 Å². The molecule has 1 aromatic carbocycles. The van der Waals surface area contributed by atoms with E-state index in [4.69, 9.17) is 18.0 Å². The van der Waals surface area contributed by atoms with E-state index in [1.54, 1.807) is 31.3 Å². The minimum absolute atomic E-state index is 0.141. The summed E-state index contributed by atoms with van der Waals surface area (Å²) in [4.78, 5) is 13.2. The summed E-state index contributed by atoms with van der Waals surface area (Å²) < 4.78 is 26.3. The Morgan fingerprint density at radius 1 is 1.38 bits per heavy atom. The predicted octanol–water partition coefficient (Wildman–Crippen LogP) is 0.219. The number of nitrogens with one attached hydrogen (secondary N) is 1. The van der Waals surface area contributed by atoms with Crippen LogP contribution in [0, 0.1) is 0 Å². The molecule has 0 unspecified atom stereocenters. The molecule has 3 N–H and O–H groups in total. The molecular weight excluding hydrogens is 310 g/mol. The van der Waals surface area contributed by atoms with Gasteiger partial charge in [-0.15, -0.1) is 0 Å². The molecule has 0 spiro atoms. The van der Waals surface area contributed by atoms with Gasteiger partial charge in [0.1, 0.15) is 4.99 Å². The first kappa shape index (κ1) is 17.5. The summed E-state index contributed by atoms with van der Waals surface area (Å²) in [6.07, 6.45) is 0. The van der Waals surface area contributed by atoms with E-state index in [9.17, 15) is 13.2 Å². The number of nitrogens with zero attached hydrogens (tertiary/aromatic N) is 1. The van der Waals surface area contributed by atoms with Gasteiger partial charge >= 0.3 is 0 Å². The third-order valence-electron chi connectivity index (χ3n) is 2.97. The lowest BCUT2D eigenvalue weighted by Crippen LogP contribution is -2.38. The van der Waals surface area contributed by atoms with Crippen LogP contribution in [-0.2, 0) is 20.6 Å². The van der Waals surface area contributed by atoms with Crippen molar-refractivity contribution in [3.05, 3.63) is 35.4 Å². The van der Waals surface area contributed by atoms with E-state index >= 15 is 0 Å². The molecule has 0 saturated heterocycles. The largest absolute Gasteiger partial charge is 0.389 e. The molecule has 6 nitrogen and oxygen atoms in total. The number of carbonyl (C=O) groups excluding carboxylic acids is 1. The Hall–Kier alpha value is -1.51. The van der Waals surface area contributed by atoms with Crippen LogP contribution in [0.25, 0.3) is 0 Å². The summed E-state index contributed by atoms with van der Waals surface area (Å²) in [6, 6.07) is 6.76. The molecule has 0 aliphatic rings. The van der Waals surface area contributed by atoms with Crippen LogP contribution in [0.2, 0.25) is 0 Å². The highest BCUT2D eigenvalue weighted by molar-refractivity contribution is 7.88. The molecule has 0 atom stereocenters. The van der Waals surface area contributed by atoms with Crippen molar-refractivity contribution < 1.29 is 13.2 Å². The van der Waals surface area contributed by atoms with Crippen LogP contribution in [0.4, 0.5) is 0 Å². The fourth-order valence-electron chi connectivity index (χ4n) is 1.63. The van der Waals surface area contributed by atoms with Crippen LogP contribution in [0.3, 0.4) is 0 Å². The Morgan fingerprint density at radius 2 is 2.00 bits per heavy atom. The normalized spacial score (nSPS) is 11.1. The van der Waals surface area contributed by atoms with Crippen molar-refractivity contribution in [2.75, 3.05) is 20.1 Å². The smallest absolute Gasteiger partial charge is 0.237 e. The maximum Gasteiger partial charge on any atom is 0.237 e. The number of rotatable bonds is 7. The monoisotopic (exact) mass is 329 g/mol. The lowest BCUT2D eigenvalue weighted by atomic mass is 10.1. The number of hydrogen-bond donors (Lipinski definition) is 2. The molecule has 0 aliphatic heterocycles. The fraction of sp³-hybridized carbons (Fsp3) is 0.385. The van der Waals surface area contributed by atoms with Crippen molar-refractivity contribution in [3.8, 4) is 0 Å². The van der Waals surface area contributed by atoms with E-state index in [0.717, 1.165) is 0 Å². The molecule has 0 radical (unpaired) electrons. The van der Waals surface area contributed by atoms with Gasteiger partial charge in [0.2, 0.25) is 15.9 Å². The number of nitrogens with two attached hydrogens (primary N) is 1. The van der Waals surface area contributed by atoms with E-state index in [1.165, 1.54) is 4.90 Å². The van der Waals surface area contributed by atoms with E-state index < -0.39 is 10.0 Å². The molecule has 0 aliphatic carbocycles. The zero-order valence-corrected chi connectivity index (χ0v) is 13.6. The zero-order valence-electron chi connectivity index (χ0n) is 12.0. The van der Waals surface area contributed by atoms with Crippen LogP contribution >= 0.6 is 12.2 Å². The Morgan fingerprint density at radius 3 is 2.57 bits per heavy atom. The minimum atomic E-state index is -3.64. The van der Waals surface area contributed by atoms with Gasteiger partial charge in [0.15, 0.2) is 0 Å². The van der Waals surface area contributed by atoms with Crippen molar-refractivity contribution in [2.24, 2.45) is 5.73 Å². The fourth-order valence-corrected chi connectivity index (χ4v) is 2.93. The molecule has 0 fully saturated rings. The Kier molecular flexibility index (Phi) is 6.25. The highest BCUT2D eigenvalue weighted by atomic mass is 32.2. The standard InChI is InChI=1S/C13H19N3O3S2/c1-3-16(2)12(17)8-15-21(18,19)9-10-6-4-5-7-11(10)13(14)20/h4-7,15H,3,8-9H2,1-2H3,(H2,14,20). The molecule has 0 saturated carbocycles. The number of carbonyl (C=O) groups is 1. The predicted molar refractivity (Wildman–Crippen MR) is 86.3 cm³/mol. The zero-order chi connectivity index (χ0) is 16.0. The number of benzene rings is 1. The first-order valence-corrected chi connectivity index (χ1v) is 8.42. The molecule has 0 aromatic heterocycles. The van der Waals surface area contributed by atoms with Crippen molar-refractivity contribution >= 4 is 33.1 Å². The van der Waals surface area contributed by atoms with Crippen LogP contribution in [0.15, 0.2) is 24.3 Å². The Labute approximate surface area is 130 Å². The van der Waals surface area contributed by atoms with Gasteiger partial charge in [-0.05, 0) is 12.5 Å². The summed E-state index contributed by atoms with van der Waals surface area (Å²) in [5.74, 6) is -0.562. The van der Waals surface area contributed by atoms with Gasteiger partial charge in [-0.3, -0.25) is 4.79 Å². The topological polar surface area (TPSA) is 92.5 Å². The molecule has 1 rings (SSSR count). The van der Waals surface area contributed by atoms with Gasteiger partial charge in [0.05, 0.1) is 12.3 Å². The van der Waals surface area contributed by atoms with Gasteiger partial charge in [-0.1, -0.05) is 36.5 Å².